The molecule has 0 amide bonds. The zero-order chi connectivity index (χ0) is 9.26. The van der Waals surface area contributed by atoms with Crippen molar-refractivity contribution in [2.45, 2.75) is 57.7 Å². The summed E-state index contributed by atoms with van der Waals surface area (Å²) < 4.78 is 5.53. The highest BCUT2D eigenvalue weighted by molar-refractivity contribution is 4.96. The summed E-state index contributed by atoms with van der Waals surface area (Å²) in [6.45, 7) is 5.41. The molecule has 2 rings (SSSR count). The Morgan fingerprint density at radius 2 is 2.23 bits per heavy atom. The number of hydrogen-bond acceptors (Lipinski definition) is 2. The van der Waals surface area contributed by atoms with Crippen LogP contribution in [0.5, 0.6) is 0 Å². The predicted octanol–water partition coefficient (Wildman–Crippen LogP) is 1.94. The average molecular weight is 183 g/mol. The quantitative estimate of drug-likeness (QED) is 0.719. The molecule has 0 aromatic rings. The van der Waals surface area contributed by atoms with E-state index in [1.807, 2.05) is 0 Å². The minimum atomic E-state index is 0.433. The molecule has 2 fully saturated rings. The first-order chi connectivity index (χ1) is 6.31. The summed E-state index contributed by atoms with van der Waals surface area (Å²) in [7, 11) is 0. The molecule has 0 aromatic carbocycles. The maximum absolute atomic E-state index is 5.53. The molecule has 0 radical (unpaired) electrons. The van der Waals surface area contributed by atoms with E-state index in [9.17, 15) is 0 Å². The fourth-order valence-electron chi connectivity index (χ4n) is 2.37. The largest absolute Gasteiger partial charge is 0.377 e. The monoisotopic (exact) mass is 183 g/mol. The Bertz CT molecular complexity index is 171. The lowest BCUT2D eigenvalue weighted by Gasteiger charge is -2.15. The highest BCUT2D eigenvalue weighted by Gasteiger charge is 2.39. The van der Waals surface area contributed by atoms with Gasteiger partial charge in [-0.2, -0.15) is 0 Å². The SMILES string of the molecule is CCCC1CC1NC1CCOC1C. The molecule has 4 atom stereocenters. The topological polar surface area (TPSA) is 21.3 Å². The van der Waals surface area contributed by atoms with E-state index in [0.29, 0.717) is 12.1 Å². The summed E-state index contributed by atoms with van der Waals surface area (Å²) in [5.41, 5.74) is 0. The van der Waals surface area contributed by atoms with Gasteiger partial charge in [-0.15, -0.1) is 0 Å². The van der Waals surface area contributed by atoms with Gasteiger partial charge in [-0.25, -0.2) is 0 Å². The Kier molecular flexibility index (Phi) is 2.89. The van der Waals surface area contributed by atoms with Crippen LogP contribution in [0.2, 0.25) is 0 Å². The van der Waals surface area contributed by atoms with Crippen LogP contribution in [-0.2, 0) is 4.74 Å². The van der Waals surface area contributed by atoms with Crippen molar-refractivity contribution in [3.05, 3.63) is 0 Å². The summed E-state index contributed by atoms with van der Waals surface area (Å²) in [6, 6.07) is 1.45. The van der Waals surface area contributed by atoms with Crippen LogP contribution < -0.4 is 5.32 Å². The van der Waals surface area contributed by atoms with Crippen LogP contribution in [0.3, 0.4) is 0 Å². The van der Waals surface area contributed by atoms with E-state index >= 15 is 0 Å². The average Bonchev–Trinajstić information content (AvgIpc) is 2.69. The van der Waals surface area contributed by atoms with Crippen molar-refractivity contribution in [3.8, 4) is 0 Å². The first-order valence-electron chi connectivity index (χ1n) is 5.69. The van der Waals surface area contributed by atoms with Gasteiger partial charge in [0.1, 0.15) is 0 Å². The van der Waals surface area contributed by atoms with Crippen molar-refractivity contribution < 1.29 is 4.74 Å². The van der Waals surface area contributed by atoms with Crippen LogP contribution in [0.1, 0.15) is 39.5 Å². The summed E-state index contributed by atoms with van der Waals surface area (Å²) in [5, 5.41) is 3.71. The molecule has 2 aliphatic rings. The van der Waals surface area contributed by atoms with Gasteiger partial charge < -0.3 is 10.1 Å². The van der Waals surface area contributed by atoms with Crippen LogP contribution in [0, 0.1) is 5.92 Å². The van der Waals surface area contributed by atoms with Crippen LogP contribution in [0.25, 0.3) is 0 Å². The van der Waals surface area contributed by atoms with Gasteiger partial charge in [-0.3, -0.25) is 0 Å². The Morgan fingerprint density at radius 3 is 2.85 bits per heavy atom. The third-order valence-electron chi connectivity index (χ3n) is 3.39. The van der Waals surface area contributed by atoms with Gasteiger partial charge in [0.15, 0.2) is 0 Å². The van der Waals surface area contributed by atoms with E-state index < -0.39 is 0 Å². The molecule has 0 spiro atoms. The molecule has 1 aliphatic heterocycles. The molecule has 1 saturated heterocycles. The van der Waals surface area contributed by atoms with Crippen molar-refractivity contribution >= 4 is 0 Å². The Hall–Kier alpha value is -0.0800. The molecule has 2 heteroatoms. The first kappa shape index (κ1) is 9.47. The van der Waals surface area contributed by atoms with Crippen molar-refractivity contribution in [1.82, 2.24) is 5.32 Å². The lowest BCUT2D eigenvalue weighted by Crippen LogP contribution is -2.36. The van der Waals surface area contributed by atoms with Crippen molar-refractivity contribution in [1.29, 1.82) is 0 Å². The molecule has 1 aliphatic carbocycles. The third-order valence-corrected chi connectivity index (χ3v) is 3.39. The molecule has 4 unspecified atom stereocenters. The lowest BCUT2D eigenvalue weighted by atomic mass is 10.1. The second-order valence-corrected chi connectivity index (χ2v) is 4.53. The van der Waals surface area contributed by atoms with Gasteiger partial charge in [-0.1, -0.05) is 13.3 Å². The van der Waals surface area contributed by atoms with Crippen LogP contribution in [-0.4, -0.2) is 24.8 Å². The molecule has 1 heterocycles. The maximum atomic E-state index is 5.53. The summed E-state index contributed by atoms with van der Waals surface area (Å²) >= 11 is 0. The number of hydrogen-bond donors (Lipinski definition) is 1. The number of ether oxygens (including phenoxy) is 1. The number of nitrogens with one attached hydrogen (secondary N) is 1. The van der Waals surface area contributed by atoms with E-state index in [4.69, 9.17) is 4.74 Å². The fraction of sp³-hybridized carbons (Fsp3) is 1.00. The molecular weight excluding hydrogens is 162 g/mol. The Labute approximate surface area is 81.0 Å². The fourth-order valence-corrected chi connectivity index (χ4v) is 2.37. The zero-order valence-electron chi connectivity index (χ0n) is 8.75. The maximum Gasteiger partial charge on any atom is 0.0700 e. The van der Waals surface area contributed by atoms with Crippen molar-refractivity contribution in [2.24, 2.45) is 5.92 Å². The van der Waals surface area contributed by atoms with Gasteiger partial charge in [0.05, 0.1) is 6.10 Å². The second kappa shape index (κ2) is 3.97. The van der Waals surface area contributed by atoms with Crippen LogP contribution >= 0.6 is 0 Å². The normalized spacial score (nSPS) is 43.8. The Balaban J connectivity index is 1.68. The number of rotatable bonds is 4. The second-order valence-electron chi connectivity index (χ2n) is 4.53. The summed E-state index contributed by atoms with van der Waals surface area (Å²) in [5.74, 6) is 0.970. The van der Waals surface area contributed by atoms with E-state index in [-0.39, 0.29) is 0 Å². The van der Waals surface area contributed by atoms with Gasteiger partial charge in [0.25, 0.3) is 0 Å². The first-order valence-corrected chi connectivity index (χ1v) is 5.69. The molecule has 0 aromatic heterocycles. The van der Waals surface area contributed by atoms with E-state index in [0.717, 1.165) is 18.6 Å². The van der Waals surface area contributed by atoms with Crippen LogP contribution in [0.4, 0.5) is 0 Å². The molecule has 13 heavy (non-hydrogen) atoms. The summed E-state index contributed by atoms with van der Waals surface area (Å²) in [4.78, 5) is 0. The van der Waals surface area contributed by atoms with Crippen molar-refractivity contribution in [3.63, 3.8) is 0 Å². The van der Waals surface area contributed by atoms with E-state index in [1.54, 1.807) is 0 Å². The Morgan fingerprint density at radius 1 is 1.38 bits per heavy atom. The van der Waals surface area contributed by atoms with E-state index in [2.05, 4.69) is 19.2 Å². The minimum Gasteiger partial charge on any atom is -0.377 e. The van der Waals surface area contributed by atoms with Gasteiger partial charge in [0.2, 0.25) is 0 Å². The molecule has 1 saturated carbocycles. The molecule has 2 nitrogen and oxygen atoms in total. The molecular formula is C11H21NO. The third kappa shape index (κ3) is 2.23. The molecule has 1 N–H and O–H groups in total. The van der Waals surface area contributed by atoms with Gasteiger partial charge >= 0.3 is 0 Å². The summed E-state index contributed by atoms with van der Waals surface area (Å²) in [6.07, 6.45) is 5.77. The van der Waals surface area contributed by atoms with Gasteiger partial charge in [0, 0.05) is 18.7 Å². The van der Waals surface area contributed by atoms with Crippen molar-refractivity contribution in [2.75, 3.05) is 6.61 Å². The smallest absolute Gasteiger partial charge is 0.0700 e. The van der Waals surface area contributed by atoms with Crippen LogP contribution in [0.15, 0.2) is 0 Å². The zero-order valence-corrected chi connectivity index (χ0v) is 8.75. The highest BCUT2D eigenvalue weighted by atomic mass is 16.5. The lowest BCUT2D eigenvalue weighted by molar-refractivity contribution is 0.112. The standard InChI is InChI=1S/C11H21NO/c1-3-4-9-7-11(9)12-10-5-6-13-8(10)2/h8-12H,3-7H2,1-2H3. The van der Waals surface area contributed by atoms with E-state index in [1.165, 1.54) is 25.7 Å². The highest BCUT2D eigenvalue weighted by Crippen LogP contribution is 2.35. The molecule has 0 bridgehead atoms. The predicted molar refractivity (Wildman–Crippen MR) is 53.8 cm³/mol. The van der Waals surface area contributed by atoms with Gasteiger partial charge in [-0.05, 0) is 32.1 Å². The minimum absolute atomic E-state index is 0.433. The molecule has 76 valence electrons.